The highest BCUT2D eigenvalue weighted by atomic mass is 35.5. The third-order valence-electron chi connectivity index (χ3n) is 6.68. The predicted molar refractivity (Wildman–Crippen MR) is 127 cm³/mol. The maximum atomic E-state index is 13.0. The molecule has 0 radical (unpaired) electrons. The predicted octanol–water partition coefficient (Wildman–Crippen LogP) is 5.09. The van der Waals surface area contributed by atoms with Crippen LogP contribution >= 0.6 is 11.6 Å². The number of nitrogens with one attached hydrogen (secondary N) is 1. The van der Waals surface area contributed by atoms with Gasteiger partial charge in [0.05, 0.1) is 12.7 Å². The molecule has 1 aliphatic heterocycles. The molecule has 164 valence electrons. The number of piperidine rings is 1. The molecule has 1 heterocycles. The van der Waals surface area contributed by atoms with Gasteiger partial charge >= 0.3 is 0 Å². The summed E-state index contributed by atoms with van der Waals surface area (Å²) >= 11 is 6.08. The number of hydrogen-bond acceptors (Lipinski definition) is 3. The van der Waals surface area contributed by atoms with Crippen LogP contribution in [-0.2, 0) is 17.6 Å². The minimum atomic E-state index is -0.122. The normalized spacial score (nSPS) is 15.8. The lowest BCUT2D eigenvalue weighted by molar-refractivity contribution is -0.121. The van der Waals surface area contributed by atoms with Crippen molar-refractivity contribution in [2.24, 2.45) is 5.92 Å². The average Bonchev–Trinajstić information content (AvgIpc) is 3.25. The van der Waals surface area contributed by atoms with Crippen LogP contribution in [0.5, 0.6) is 5.75 Å². The molecular weight excluding hydrogens is 424 g/mol. The van der Waals surface area contributed by atoms with E-state index < -0.39 is 0 Å². The van der Waals surface area contributed by atoms with E-state index in [1.54, 1.807) is 23.1 Å². The molecule has 0 unspecified atom stereocenters. The second-order valence-corrected chi connectivity index (χ2v) is 8.95. The summed E-state index contributed by atoms with van der Waals surface area (Å²) in [4.78, 5) is 27.8. The summed E-state index contributed by atoms with van der Waals surface area (Å²) in [6.07, 6.45) is 3.38. The van der Waals surface area contributed by atoms with Crippen molar-refractivity contribution in [1.29, 1.82) is 0 Å². The first-order chi connectivity index (χ1) is 15.5. The molecule has 5 rings (SSSR count). The quantitative estimate of drug-likeness (QED) is 0.604. The highest BCUT2D eigenvalue weighted by molar-refractivity contribution is 6.31. The molecule has 1 aliphatic carbocycles. The Bertz CT molecular complexity index is 1200. The Morgan fingerprint density at radius 2 is 1.78 bits per heavy atom. The lowest BCUT2D eigenvalue weighted by atomic mass is 9.94. The van der Waals surface area contributed by atoms with E-state index in [2.05, 4.69) is 29.6 Å². The number of nitrogens with zero attached hydrogens (tertiary/aromatic N) is 1. The van der Waals surface area contributed by atoms with E-state index in [1.165, 1.54) is 23.6 Å². The average molecular weight is 449 g/mol. The number of anilines is 1. The Balaban J connectivity index is 1.27. The Labute approximate surface area is 192 Å². The third kappa shape index (κ3) is 3.71. The van der Waals surface area contributed by atoms with Crippen molar-refractivity contribution in [2.45, 2.75) is 25.7 Å². The number of carbonyl (C=O) groups excluding carboxylic acids is 2. The molecule has 1 saturated heterocycles. The molecule has 1 N–H and O–H groups in total. The van der Waals surface area contributed by atoms with Crippen LogP contribution in [-0.4, -0.2) is 36.9 Å². The highest BCUT2D eigenvalue weighted by Crippen LogP contribution is 2.35. The van der Waals surface area contributed by atoms with Crippen LogP contribution in [0.4, 0.5) is 5.69 Å². The fourth-order valence-electron chi connectivity index (χ4n) is 4.95. The molecule has 0 bridgehead atoms. The number of ether oxygens (including phenoxy) is 1. The van der Waals surface area contributed by atoms with Gasteiger partial charge in [0.1, 0.15) is 5.75 Å². The Hall–Kier alpha value is -3.05. The van der Waals surface area contributed by atoms with Crippen LogP contribution in [0.2, 0.25) is 5.02 Å². The Kier molecular flexibility index (Phi) is 5.51. The van der Waals surface area contributed by atoms with Gasteiger partial charge in [-0.3, -0.25) is 9.59 Å². The van der Waals surface area contributed by atoms with Gasteiger partial charge in [-0.25, -0.2) is 0 Å². The van der Waals surface area contributed by atoms with Crippen molar-refractivity contribution in [2.75, 3.05) is 25.5 Å². The number of carbonyl (C=O) groups is 2. The van der Waals surface area contributed by atoms with Gasteiger partial charge in [0, 0.05) is 35.1 Å². The van der Waals surface area contributed by atoms with E-state index in [0.717, 1.165) is 23.9 Å². The van der Waals surface area contributed by atoms with Gasteiger partial charge in [-0.2, -0.15) is 0 Å². The SMILES string of the molecule is COc1ccc(Cl)cc1C(=O)N1CCC(C(=O)Nc2ccc3c4c(cccc24)CC3)CC1. The second kappa shape index (κ2) is 8.47. The monoisotopic (exact) mass is 448 g/mol. The molecule has 6 heteroatoms. The summed E-state index contributed by atoms with van der Waals surface area (Å²) in [7, 11) is 1.54. The summed E-state index contributed by atoms with van der Waals surface area (Å²) in [6, 6.07) is 15.5. The van der Waals surface area contributed by atoms with E-state index in [1.807, 2.05) is 6.07 Å². The number of aryl methyl sites for hydroxylation is 2. The minimum absolute atomic E-state index is 0.0242. The van der Waals surface area contributed by atoms with Gasteiger partial charge in [-0.05, 0) is 66.5 Å². The number of rotatable bonds is 4. The van der Waals surface area contributed by atoms with Gasteiger partial charge in [0.2, 0.25) is 5.91 Å². The van der Waals surface area contributed by atoms with Crippen molar-refractivity contribution in [1.82, 2.24) is 4.90 Å². The number of hydrogen-bond donors (Lipinski definition) is 1. The van der Waals surface area contributed by atoms with Gasteiger partial charge in [0.15, 0.2) is 0 Å². The molecule has 0 aromatic heterocycles. The molecule has 0 spiro atoms. The van der Waals surface area contributed by atoms with Gasteiger partial charge in [-0.1, -0.05) is 35.9 Å². The first kappa shape index (κ1) is 20.8. The van der Waals surface area contributed by atoms with Crippen molar-refractivity contribution in [3.05, 3.63) is 70.2 Å². The molecule has 3 aromatic rings. The summed E-state index contributed by atoms with van der Waals surface area (Å²) in [5.41, 5.74) is 4.05. The maximum absolute atomic E-state index is 13.0. The van der Waals surface area contributed by atoms with Crippen LogP contribution in [0.1, 0.15) is 34.3 Å². The second-order valence-electron chi connectivity index (χ2n) is 8.51. The molecule has 0 saturated carbocycles. The standard InChI is InChI=1S/C26H25ClN2O3/c1-32-23-10-8-19(27)15-21(23)26(31)29-13-11-18(12-14-29)25(30)28-22-9-7-17-6-5-16-3-2-4-20(22)24(16)17/h2-4,7-10,15,18H,5-6,11-14H2,1H3,(H,28,30). The number of benzene rings is 3. The highest BCUT2D eigenvalue weighted by Gasteiger charge is 2.29. The Morgan fingerprint density at radius 3 is 2.53 bits per heavy atom. The van der Waals surface area contributed by atoms with Crippen molar-refractivity contribution >= 4 is 39.9 Å². The largest absolute Gasteiger partial charge is 0.496 e. The van der Waals surface area contributed by atoms with Gasteiger partial charge in [0.25, 0.3) is 5.91 Å². The molecule has 32 heavy (non-hydrogen) atoms. The summed E-state index contributed by atoms with van der Waals surface area (Å²) in [5, 5.41) is 6.06. The van der Waals surface area contributed by atoms with E-state index in [9.17, 15) is 9.59 Å². The minimum Gasteiger partial charge on any atom is -0.496 e. The number of amides is 2. The molecule has 2 aliphatic rings. The number of halogens is 1. The van der Waals surface area contributed by atoms with Crippen LogP contribution in [0.3, 0.4) is 0 Å². The van der Waals surface area contributed by atoms with Crippen molar-refractivity contribution < 1.29 is 14.3 Å². The van der Waals surface area contributed by atoms with Gasteiger partial charge in [-0.15, -0.1) is 0 Å². The summed E-state index contributed by atoms with van der Waals surface area (Å²) in [5.74, 6) is 0.293. The van der Waals surface area contributed by atoms with Crippen LogP contribution in [0, 0.1) is 5.92 Å². The smallest absolute Gasteiger partial charge is 0.257 e. The molecule has 3 aromatic carbocycles. The van der Waals surface area contributed by atoms with Crippen LogP contribution in [0.25, 0.3) is 10.8 Å². The van der Waals surface area contributed by atoms with E-state index in [-0.39, 0.29) is 17.7 Å². The van der Waals surface area contributed by atoms with E-state index >= 15 is 0 Å². The molecule has 1 fully saturated rings. The molecule has 5 nitrogen and oxygen atoms in total. The fourth-order valence-corrected chi connectivity index (χ4v) is 5.13. The lowest BCUT2D eigenvalue weighted by Gasteiger charge is -2.31. The topological polar surface area (TPSA) is 58.6 Å². The van der Waals surface area contributed by atoms with E-state index in [4.69, 9.17) is 16.3 Å². The molecular formula is C26H25ClN2O3. The van der Waals surface area contributed by atoms with Crippen molar-refractivity contribution in [3.8, 4) is 5.75 Å². The fraction of sp³-hybridized carbons (Fsp3) is 0.308. The van der Waals surface area contributed by atoms with E-state index in [0.29, 0.717) is 42.3 Å². The summed E-state index contributed by atoms with van der Waals surface area (Å²) in [6.45, 7) is 1.05. The lowest BCUT2D eigenvalue weighted by Crippen LogP contribution is -2.41. The number of methoxy groups -OCH3 is 1. The van der Waals surface area contributed by atoms with Crippen LogP contribution < -0.4 is 10.1 Å². The first-order valence-corrected chi connectivity index (χ1v) is 11.4. The number of likely N-dealkylation sites (tertiary alicyclic amines) is 1. The van der Waals surface area contributed by atoms with Gasteiger partial charge < -0.3 is 15.0 Å². The molecule has 0 atom stereocenters. The van der Waals surface area contributed by atoms with Crippen LogP contribution in [0.15, 0.2) is 48.5 Å². The zero-order valence-corrected chi connectivity index (χ0v) is 18.7. The first-order valence-electron chi connectivity index (χ1n) is 11.0. The third-order valence-corrected chi connectivity index (χ3v) is 6.91. The zero-order chi connectivity index (χ0) is 22.2. The maximum Gasteiger partial charge on any atom is 0.257 e. The Morgan fingerprint density at radius 1 is 1.03 bits per heavy atom. The summed E-state index contributed by atoms with van der Waals surface area (Å²) < 4.78 is 5.32. The zero-order valence-electron chi connectivity index (χ0n) is 18.0. The molecule has 2 amide bonds. The van der Waals surface area contributed by atoms with Crippen molar-refractivity contribution in [3.63, 3.8) is 0 Å².